The Morgan fingerprint density at radius 3 is 2.62 bits per heavy atom. The summed E-state index contributed by atoms with van der Waals surface area (Å²) < 4.78 is 18.8. The van der Waals surface area contributed by atoms with Crippen molar-refractivity contribution in [2.75, 3.05) is 0 Å². The van der Waals surface area contributed by atoms with Crippen molar-refractivity contribution in [2.24, 2.45) is 23.7 Å². The van der Waals surface area contributed by atoms with Gasteiger partial charge < -0.3 is 14.2 Å². The fourth-order valence-electron chi connectivity index (χ4n) is 6.11. The topological polar surface area (TPSA) is 27.7 Å². The van der Waals surface area contributed by atoms with Crippen LogP contribution in [0.15, 0.2) is 42.5 Å². The molecule has 0 N–H and O–H groups in total. The molecule has 2 aliphatic heterocycles. The minimum atomic E-state index is -0.223. The Labute approximate surface area is 123 Å². The Morgan fingerprint density at radius 1 is 1.05 bits per heavy atom. The van der Waals surface area contributed by atoms with Crippen LogP contribution in [0.5, 0.6) is 0 Å². The monoisotopic (exact) mass is 282 g/mol. The molecule has 2 saturated heterocycles. The average molecular weight is 282 g/mol. The highest BCUT2D eigenvalue weighted by Gasteiger charge is 2.83. The number of ether oxygens (including phenoxy) is 3. The van der Waals surface area contributed by atoms with Gasteiger partial charge in [0.1, 0.15) is 0 Å². The van der Waals surface area contributed by atoms with Crippen LogP contribution in [0.1, 0.15) is 18.8 Å². The molecule has 3 nitrogen and oxygen atoms in total. The van der Waals surface area contributed by atoms with Crippen LogP contribution in [0, 0.1) is 23.7 Å². The van der Waals surface area contributed by atoms with Gasteiger partial charge in [0.25, 0.3) is 0 Å². The summed E-state index contributed by atoms with van der Waals surface area (Å²) in [5.41, 5.74) is 2.50. The maximum absolute atomic E-state index is 6.33. The summed E-state index contributed by atoms with van der Waals surface area (Å²) in [5, 5.41) is 0. The van der Waals surface area contributed by atoms with E-state index in [1.54, 1.807) is 0 Å². The van der Waals surface area contributed by atoms with Crippen LogP contribution >= 0.6 is 0 Å². The summed E-state index contributed by atoms with van der Waals surface area (Å²) in [5.74, 6) is 1.98. The Balaban J connectivity index is 1.40. The molecular weight excluding hydrogens is 264 g/mol. The van der Waals surface area contributed by atoms with E-state index in [1.165, 1.54) is 5.57 Å². The van der Waals surface area contributed by atoms with Crippen LogP contribution < -0.4 is 0 Å². The van der Waals surface area contributed by atoms with E-state index in [4.69, 9.17) is 14.2 Å². The number of rotatable bonds is 1. The molecule has 0 unspecified atom stereocenters. The van der Waals surface area contributed by atoms with Crippen LogP contribution in [0.4, 0.5) is 0 Å². The molecule has 0 spiro atoms. The minimum Gasteiger partial charge on any atom is -0.370 e. The summed E-state index contributed by atoms with van der Waals surface area (Å²) in [7, 11) is 0. The molecule has 3 aliphatic carbocycles. The largest absolute Gasteiger partial charge is 0.370 e. The van der Waals surface area contributed by atoms with Crippen molar-refractivity contribution >= 4 is 0 Å². The van der Waals surface area contributed by atoms with Gasteiger partial charge in [0.15, 0.2) is 6.29 Å². The van der Waals surface area contributed by atoms with Gasteiger partial charge in [-0.25, -0.2) is 0 Å². The van der Waals surface area contributed by atoms with Crippen LogP contribution in [-0.4, -0.2) is 23.9 Å². The highest BCUT2D eigenvalue weighted by molar-refractivity contribution is 5.42. The number of hydrogen-bond donors (Lipinski definition) is 0. The zero-order chi connectivity index (χ0) is 13.9. The number of fused-ring (bicyclic) bond motifs is 4. The van der Waals surface area contributed by atoms with Crippen LogP contribution in [-0.2, 0) is 14.2 Å². The van der Waals surface area contributed by atoms with E-state index in [9.17, 15) is 0 Å². The molecule has 0 amide bonds. The van der Waals surface area contributed by atoms with Gasteiger partial charge in [0.05, 0.1) is 23.9 Å². The van der Waals surface area contributed by atoms with Crippen molar-refractivity contribution in [3.63, 3.8) is 0 Å². The van der Waals surface area contributed by atoms with Gasteiger partial charge in [-0.1, -0.05) is 42.5 Å². The van der Waals surface area contributed by atoms with E-state index in [-0.39, 0.29) is 24.1 Å². The van der Waals surface area contributed by atoms with Crippen molar-refractivity contribution in [1.29, 1.82) is 0 Å². The van der Waals surface area contributed by atoms with Crippen molar-refractivity contribution in [2.45, 2.75) is 37.1 Å². The third-order valence-electron chi connectivity index (χ3n) is 6.69. The first-order chi connectivity index (χ1) is 10.2. The summed E-state index contributed by atoms with van der Waals surface area (Å²) in [6.07, 6.45) is 0.520. The lowest BCUT2D eigenvalue weighted by molar-refractivity contribution is -0.237. The Hall–Kier alpha value is -1.16. The van der Waals surface area contributed by atoms with E-state index >= 15 is 0 Å². The molecular formula is C18H18O3. The van der Waals surface area contributed by atoms with Gasteiger partial charge >= 0.3 is 0 Å². The highest BCUT2D eigenvalue weighted by atomic mass is 16.7. The maximum atomic E-state index is 6.33. The molecule has 5 fully saturated rings. The maximum Gasteiger partial charge on any atom is 0.184 e. The molecule has 0 radical (unpaired) electrons. The van der Waals surface area contributed by atoms with Crippen molar-refractivity contribution < 1.29 is 14.2 Å². The molecule has 3 saturated carbocycles. The van der Waals surface area contributed by atoms with E-state index in [2.05, 4.69) is 25.6 Å². The van der Waals surface area contributed by atoms with Crippen molar-refractivity contribution in [3.05, 3.63) is 48.0 Å². The van der Waals surface area contributed by atoms with Gasteiger partial charge in [-0.15, -0.1) is 0 Å². The van der Waals surface area contributed by atoms with Gasteiger partial charge in [-0.05, 0) is 6.92 Å². The van der Waals surface area contributed by atoms with Gasteiger partial charge in [0.2, 0.25) is 0 Å². The standard InChI is InChI=1S/C18H18O3/c1-8-10-13-14-11(12(8)18(13,2)21-14)16-15(10)19-17(20-16)9-6-4-3-5-7-9/h3-7,10-17H,1H2,2H3/t10-,11+,12-,13+,14-,15+,16-,17+,18+/m0/s1. The zero-order valence-corrected chi connectivity index (χ0v) is 11.9. The molecule has 5 aliphatic rings. The molecule has 21 heavy (non-hydrogen) atoms. The molecule has 5 bridgehead atoms. The fourth-order valence-corrected chi connectivity index (χ4v) is 6.11. The van der Waals surface area contributed by atoms with E-state index in [1.807, 2.05) is 18.2 Å². The molecule has 9 atom stereocenters. The predicted molar refractivity (Wildman–Crippen MR) is 75.3 cm³/mol. The molecule has 6 rings (SSSR count). The summed E-state index contributed by atoms with van der Waals surface area (Å²) in [6, 6.07) is 10.3. The average Bonchev–Trinajstić information content (AvgIpc) is 3.13. The first-order valence-corrected chi connectivity index (χ1v) is 7.92. The summed E-state index contributed by atoms with van der Waals surface area (Å²) in [4.78, 5) is 0. The Bertz CT molecular complexity index is 656. The first kappa shape index (κ1) is 11.4. The molecule has 108 valence electrons. The normalized spacial score (nSPS) is 58.4. The van der Waals surface area contributed by atoms with E-state index in [0.29, 0.717) is 29.8 Å². The second-order valence-electron chi connectivity index (χ2n) is 7.39. The third kappa shape index (κ3) is 1.04. The molecule has 0 aromatic heterocycles. The quantitative estimate of drug-likeness (QED) is 0.741. The lowest BCUT2D eigenvalue weighted by atomic mass is 9.63. The Morgan fingerprint density at radius 2 is 1.81 bits per heavy atom. The van der Waals surface area contributed by atoms with Gasteiger partial charge in [0, 0.05) is 29.2 Å². The van der Waals surface area contributed by atoms with Crippen LogP contribution in [0.2, 0.25) is 0 Å². The van der Waals surface area contributed by atoms with Crippen LogP contribution in [0.25, 0.3) is 0 Å². The summed E-state index contributed by atoms with van der Waals surface area (Å²) in [6.45, 7) is 6.65. The predicted octanol–water partition coefficient (Wildman–Crippen LogP) is 2.69. The summed E-state index contributed by atoms with van der Waals surface area (Å²) >= 11 is 0. The molecule has 2 heterocycles. The second-order valence-corrected chi connectivity index (χ2v) is 7.39. The number of hydrogen-bond acceptors (Lipinski definition) is 3. The molecule has 1 aromatic carbocycles. The second kappa shape index (κ2) is 3.27. The van der Waals surface area contributed by atoms with Gasteiger partial charge in [-0.3, -0.25) is 0 Å². The first-order valence-electron chi connectivity index (χ1n) is 7.92. The zero-order valence-electron chi connectivity index (χ0n) is 11.9. The lowest BCUT2D eigenvalue weighted by Crippen LogP contribution is -2.61. The smallest absolute Gasteiger partial charge is 0.184 e. The SMILES string of the molecule is C=C1[C@@H]2[C@H]3O[C@@H](c4ccccc4)O[C@H]3[C@H]3[C@@H]4O[C@@](C)([C@@H]42)[C@@H]13. The minimum absolute atomic E-state index is 0.0242. The third-order valence-corrected chi connectivity index (χ3v) is 6.69. The molecule has 1 aromatic rings. The van der Waals surface area contributed by atoms with Crippen molar-refractivity contribution in [1.82, 2.24) is 0 Å². The fraction of sp³-hybridized carbons (Fsp3) is 0.556. The number of benzene rings is 1. The highest BCUT2D eigenvalue weighted by Crippen LogP contribution is 2.76. The van der Waals surface area contributed by atoms with Gasteiger partial charge in [-0.2, -0.15) is 0 Å². The Kier molecular flexibility index (Phi) is 1.78. The lowest BCUT2D eigenvalue weighted by Gasteiger charge is -2.52. The van der Waals surface area contributed by atoms with Crippen LogP contribution in [0.3, 0.4) is 0 Å². The van der Waals surface area contributed by atoms with Crippen molar-refractivity contribution in [3.8, 4) is 0 Å². The van der Waals surface area contributed by atoms with E-state index < -0.39 is 0 Å². The molecule has 3 heteroatoms. The van der Waals surface area contributed by atoms with E-state index in [0.717, 1.165) is 5.56 Å².